The standard InChI is InChI=1S/C25H23N3O2/c1-16-7-8-22(13-18(16)3)28(25(30)19-9-11-26-12-10-19)15-21-14-20-6-4-5-17(2)23(20)27-24(21)29/h4-14H,15H2,1-3H3,(H,27,29). The molecule has 0 saturated heterocycles. The monoisotopic (exact) mass is 397 g/mol. The molecule has 4 aromatic rings. The van der Waals surface area contributed by atoms with Gasteiger partial charge in [-0.15, -0.1) is 0 Å². The van der Waals surface area contributed by atoms with E-state index in [4.69, 9.17) is 0 Å². The van der Waals surface area contributed by atoms with Crippen LogP contribution in [0.1, 0.15) is 32.6 Å². The Kier molecular flexibility index (Phi) is 5.19. The van der Waals surface area contributed by atoms with Gasteiger partial charge in [0.2, 0.25) is 0 Å². The van der Waals surface area contributed by atoms with Crippen LogP contribution >= 0.6 is 0 Å². The summed E-state index contributed by atoms with van der Waals surface area (Å²) in [5.74, 6) is -0.176. The van der Waals surface area contributed by atoms with Crippen LogP contribution in [0.2, 0.25) is 0 Å². The Morgan fingerprint density at radius 1 is 0.933 bits per heavy atom. The van der Waals surface area contributed by atoms with E-state index in [1.165, 1.54) is 0 Å². The predicted molar refractivity (Wildman–Crippen MR) is 120 cm³/mol. The summed E-state index contributed by atoms with van der Waals surface area (Å²) in [6.07, 6.45) is 3.19. The number of carbonyl (C=O) groups is 1. The molecule has 0 atom stereocenters. The molecule has 2 heterocycles. The molecule has 0 radical (unpaired) electrons. The number of fused-ring (bicyclic) bond motifs is 1. The Balaban J connectivity index is 1.81. The lowest BCUT2D eigenvalue weighted by Gasteiger charge is -2.24. The molecular formula is C25H23N3O2. The van der Waals surface area contributed by atoms with Crippen LogP contribution in [0, 0.1) is 20.8 Å². The second kappa shape index (κ2) is 7.95. The van der Waals surface area contributed by atoms with E-state index >= 15 is 0 Å². The van der Waals surface area contributed by atoms with Crippen molar-refractivity contribution < 1.29 is 4.79 Å². The van der Waals surface area contributed by atoms with Crippen LogP contribution < -0.4 is 10.5 Å². The zero-order valence-corrected chi connectivity index (χ0v) is 17.3. The van der Waals surface area contributed by atoms with Gasteiger partial charge in [0, 0.05) is 29.2 Å². The molecule has 0 unspecified atom stereocenters. The van der Waals surface area contributed by atoms with Crippen molar-refractivity contribution in [1.82, 2.24) is 9.97 Å². The van der Waals surface area contributed by atoms with Crippen LogP contribution in [0.25, 0.3) is 10.9 Å². The van der Waals surface area contributed by atoms with Gasteiger partial charge in [-0.05, 0) is 73.2 Å². The average molecular weight is 397 g/mol. The Morgan fingerprint density at radius 3 is 2.43 bits per heavy atom. The van der Waals surface area contributed by atoms with Gasteiger partial charge in [-0.25, -0.2) is 0 Å². The van der Waals surface area contributed by atoms with E-state index < -0.39 is 0 Å². The Labute approximate surface area is 175 Å². The van der Waals surface area contributed by atoms with Gasteiger partial charge in [-0.1, -0.05) is 24.3 Å². The number of anilines is 1. The minimum atomic E-state index is -0.187. The molecule has 30 heavy (non-hydrogen) atoms. The van der Waals surface area contributed by atoms with Gasteiger partial charge in [-0.2, -0.15) is 0 Å². The van der Waals surface area contributed by atoms with Crippen LogP contribution in [-0.4, -0.2) is 15.9 Å². The molecule has 5 heteroatoms. The lowest BCUT2D eigenvalue weighted by Crippen LogP contribution is -2.33. The zero-order chi connectivity index (χ0) is 21.3. The molecule has 0 fully saturated rings. The number of carbonyl (C=O) groups excluding carboxylic acids is 1. The highest BCUT2D eigenvalue weighted by Gasteiger charge is 2.20. The molecular weight excluding hydrogens is 374 g/mol. The molecule has 150 valence electrons. The highest BCUT2D eigenvalue weighted by Crippen LogP contribution is 2.23. The molecule has 0 saturated carbocycles. The summed E-state index contributed by atoms with van der Waals surface area (Å²) in [6.45, 7) is 6.18. The lowest BCUT2D eigenvalue weighted by atomic mass is 10.1. The number of pyridine rings is 2. The lowest BCUT2D eigenvalue weighted by molar-refractivity contribution is 0.0985. The number of hydrogen-bond acceptors (Lipinski definition) is 3. The summed E-state index contributed by atoms with van der Waals surface area (Å²) in [6, 6.07) is 17.0. The van der Waals surface area contributed by atoms with Gasteiger partial charge in [0.05, 0.1) is 12.1 Å². The number of rotatable bonds is 4. The number of nitrogens with one attached hydrogen (secondary N) is 1. The second-order valence-electron chi connectivity index (χ2n) is 7.56. The first-order valence-electron chi connectivity index (χ1n) is 9.85. The number of aryl methyl sites for hydroxylation is 3. The van der Waals surface area contributed by atoms with Crippen molar-refractivity contribution in [3.8, 4) is 0 Å². The van der Waals surface area contributed by atoms with Crippen molar-refractivity contribution in [3.63, 3.8) is 0 Å². The fourth-order valence-corrected chi connectivity index (χ4v) is 3.54. The van der Waals surface area contributed by atoms with Crippen molar-refractivity contribution in [2.75, 3.05) is 4.90 Å². The average Bonchev–Trinajstić information content (AvgIpc) is 2.75. The van der Waals surface area contributed by atoms with Gasteiger partial charge in [0.15, 0.2) is 0 Å². The first-order chi connectivity index (χ1) is 14.4. The van der Waals surface area contributed by atoms with E-state index in [0.29, 0.717) is 11.1 Å². The Hall–Kier alpha value is -3.73. The zero-order valence-electron chi connectivity index (χ0n) is 17.3. The maximum Gasteiger partial charge on any atom is 0.258 e. The molecule has 0 aliphatic carbocycles. The molecule has 2 aromatic heterocycles. The van der Waals surface area contributed by atoms with Gasteiger partial charge < -0.3 is 9.88 Å². The summed E-state index contributed by atoms with van der Waals surface area (Å²) >= 11 is 0. The predicted octanol–water partition coefficient (Wildman–Crippen LogP) is 4.70. The third kappa shape index (κ3) is 3.74. The van der Waals surface area contributed by atoms with Crippen LogP contribution in [0.15, 0.2) is 71.8 Å². The van der Waals surface area contributed by atoms with E-state index in [1.54, 1.807) is 29.4 Å². The third-order valence-corrected chi connectivity index (χ3v) is 5.47. The van der Waals surface area contributed by atoms with Gasteiger partial charge >= 0.3 is 0 Å². The highest BCUT2D eigenvalue weighted by molar-refractivity contribution is 6.06. The van der Waals surface area contributed by atoms with Crippen molar-refractivity contribution in [3.05, 3.63) is 105 Å². The summed E-state index contributed by atoms with van der Waals surface area (Å²) in [7, 11) is 0. The number of para-hydroxylation sites is 1. The molecule has 1 amide bonds. The number of benzene rings is 2. The maximum absolute atomic E-state index is 13.4. The molecule has 1 N–H and O–H groups in total. The maximum atomic E-state index is 13.4. The second-order valence-corrected chi connectivity index (χ2v) is 7.56. The molecule has 0 spiro atoms. The SMILES string of the molecule is Cc1ccc(N(Cc2cc3cccc(C)c3[nH]c2=O)C(=O)c2ccncc2)cc1C. The minimum Gasteiger partial charge on any atom is -0.321 e. The summed E-state index contributed by atoms with van der Waals surface area (Å²) in [5.41, 5.74) is 5.69. The van der Waals surface area contributed by atoms with Crippen LogP contribution in [-0.2, 0) is 6.54 Å². The van der Waals surface area contributed by atoms with E-state index in [-0.39, 0.29) is 18.0 Å². The summed E-state index contributed by atoms with van der Waals surface area (Å²) in [4.78, 5) is 34.8. The number of nitrogens with zero attached hydrogens (tertiary/aromatic N) is 2. The minimum absolute atomic E-state index is 0.170. The molecule has 2 aromatic carbocycles. The molecule has 0 aliphatic rings. The number of aromatic amines is 1. The number of aromatic nitrogens is 2. The number of H-pyrrole nitrogens is 1. The fraction of sp³-hybridized carbons (Fsp3) is 0.160. The molecule has 5 nitrogen and oxygen atoms in total. The first kappa shape index (κ1) is 19.6. The first-order valence-corrected chi connectivity index (χ1v) is 9.85. The normalized spacial score (nSPS) is 10.9. The molecule has 0 bridgehead atoms. The number of hydrogen-bond donors (Lipinski definition) is 1. The van der Waals surface area contributed by atoms with Gasteiger partial charge in [0.25, 0.3) is 11.5 Å². The summed E-state index contributed by atoms with van der Waals surface area (Å²) in [5, 5.41) is 0.945. The van der Waals surface area contributed by atoms with E-state index in [1.807, 2.05) is 63.2 Å². The summed E-state index contributed by atoms with van der Waals surface area (Å²) < 4.78 is 0. The van der Waals surface area contributed by atoms with Crippen molar-refractivity contribution in [2.24, 2.45) is 0 Å². The van der Waals surface area contributed by atoms with Gasteiger partial charge in [-0.3, -0.25) is 14.6 Å². The van der Waals surface area contributed by atoms with Gasteiger partial charge in [0.1, 0.15) is 0 Å². The van der Waals surface area contributed by atoms with Crippen molar-refractivity contribution in [1.29, 1.82) is 0 Å². The molecule has 0 aliphatic heterocycles. The van der Waals surface area contributed by atoms with Crippen LogP contribution in [0.5, 0.6) is 0 Å². The Bertz CT molecular complexity index is 1290. The van der Waals surface area contributed by atoms with E-state index in [2.05, 4.69) is 9.97 Å². The topological polar surface area (TPSA) is 66.1 Å². The van der Waals surface area contributed by atoms with E-state index in [0.717, 1.165) is 33.3 Å². The largest absolute Gasteiger partial charge is 0.321 e. The van der Waals surface area contributed by atoms with E-state index in [9.17, 15) is 9.59 Å². The quantitative estimate of drug-likeness (QED) is 0.543. The van der Waals surface area contributed by atoms with Crippen LogP contribution in [0.3, 0.4) is 0 Å². The fourth-order valence-electron chi connectivity index (χ4n) is 3.54. The number of amides is 1. The Morgan fingerprint density at radius 2 is 1.70 bits per heavy atom. The molecule has 4 rings (SSSR count). The highest BCUT2D eigenvalue weighted by atomic mass is 16.2. The third-order valence-electron chi connectivity index (χ3n) is 5.47. The van der Waals surface area contributed by atoms with Crippen molar-refractivity contribution >= 4 is 22.5 Å². The van der Waals surface area contributed by atoms with Crippen molar-refractivity contribution in [2.45, 2.75) is 27.3 Å². The smallest absolute Gasteiger partial charge is 0.258 e. The van der Waals surface area contributed by atoms with Crippen LogP contribution in [0.4, 0.5) is 5.69 Å².